The summed E-state index contributed by atoms with van der Waals surface area (Å²) in [6.07, 6.45) is -0.0280. The molecule has 2 amide bonds. The Morgan fingerprint density at radius 2 is 1.55 bits per heavy atom. The van der Waals surface area contributed by atoms with Gasteiger partial charge in [-0.3, -0.25) is 25.2 Å². The predicted octanol–water partition coefficient (Wildman–Crippen LogP) is 3.24. The predicted molar refractivity (Wildman–Crippen MR) is 109 cm³/mol. The van der Waals surface area contributed by atoms with Gasteiger partial charge in [-0.25, -0.2) is 0 Å². The molecule has 0 heterocycles. The highest BCUT2D eigenvalue weighted by molar-refractivity contribution is 6.31. The van der Waals surface area contributed by atoms with Crippen molar-refractivity contribution in [3.05, 3.63) is 58.6 Å². The van der Waals surface area contributed by atoms with Gasteiger partial charge in [0.05, 0.1) is 6.61 Å². The summed E-state index contributed by atoms with van der Waals surface area (Å²) >= 11 is 5.93. The van der Waals surface area contributed by atoms with Crippen LogP contribution in [-0.4, -0.2) is 30.8 Å². The van der Waals surface area contributed by atoms with Crippen LogP contribution in [0.4, 0.5) is 0 Å². The molecule has 154 valence electrons. The lowest BCUT2D eigenvalue weighted by atomic mass is 10.1. The Kier molecular flexibility index (Phi) is 8.48. The molecule has 0 aliphatic carbocycles. The Labute approximate surface area is 174 Å². The second kappa shape index (κ2) is 11.1. The van der Waals surface area contributed by atoms with E-state index in [4.69, 9.17) is 21.1 Å². The molecular formula is C21H23ClN2O5. The number of carbonyl (C=O) groups excluding carboxylic acids is 3. The number of hydrogen-bond acceptors (Lipinski definition) is 5. The first-order valence-corrected chi connectivity index (χ1v) is 9.49. The minimum atomic E-state index is -0.524. The topological polar surface area (TPSA) is 93.7 Å². The number of hydrogen-bond donors (Lipinski definition) is 2. The van der Waals surface area contributed by atoms with Crippen molar-refractivity contribution in [2.45, 2.75) is 26.7 Å². The summed E-state index contributed by atoms with van der Waals surface area (Å²) in [5.41, 5.74) is 5.83. The molecule has 7 nitrogen and oxygen atoms in total. The van der Waals surface area contributed by atoms with Crippen LogP contribution in [0.5, 0.6) is 11.5 Å². The number of benzene rings is 2. The van der Waals surface area contributed by atoms with Crippen LogP contribution in [0.15, 0.2) is 42.5 Å². The molecule has 2 aromatic rings. The van der Waals surface area contributed by atoms with Gasteiger partial charge in [-0.15, -0.1) is 0 Å². The number of ether oxygens (including phenoxy) is 2. The van der Waals surface area contributed by atoms with Crippen molar-refractivity contribution in [3.8, 4) is 11.5 Å². The Bertz CT molecular complexity index is 868. The van der Waals surface area contributed by atoms with Crippen molar-refractivity contribution in [1.29, 1.82) is 0 Å². The summed E-state index contributed by atoms with van der Waals surface area (Å²) in [6.45, 7) is 3.97. The lowest BCUT2D eigenvalue weighted by molar-refractivity contribution is -0.130. The van der Waals surface area contributed by atoms with Crippen LogP contribution in [0.1, 0.15) is 35.7 Å². The van der Waals surface area contributed by atoms with E-state index in [1.807, 2.05) is 13.8 Å². The summed E-state index contributed by atoms with van der Waals surface area (Å²) in [6, 6.07) is 11.8. The van der Waals surface area contributed by atoms with Crippen LogP contribution in [0.3, 0.4) is 0 Å². The zero-order valence-corrected chi connectivity index (χ0v) is 17.0. The van der Waals surface area contributed by atoms with Crippen molar-refractivity contribution < 1.29 is 23.9 Å². The molecule has 0 aliphatic heterocycles. The monoisotopic (exact) mass is 418 g/mol. The lowest BCUT2D eigenvalue weighted by Crippen LogP contribution is -2.43. The third-order valence-electron chi connectivity index (χ3n) is 3.91. The second-order valence-electron chi connectivity index (χ2n) is 6.18. The average molecular weight is 419 g/mol. The van der Waals surface area contributed by atoms with Crippen molar-refractivity contribution in [1.82, 2.24) is 10.9 Å². The maximum Gasteiger partial charge on any atom is 0.276 e. The molecule has 0 saturated heterocycles. The first-order chi connectivity index (χ1) is 13.9. The van der Waals surface area contributed by atoms with Crippen molar-refractivity contribution in [2.75, 3.05) is 13.2 Å². The fraction of sp³-hybridized carbons (Fsp3) is 0.286. The third-order valence-corrected chi connectivity index (χ3v) is 4.33. The number of ketones is 1. The van der Waals surface area contributed by atoms with E-state index in [9.17, 15) is 14.4 Å². The van der Waals surface area contributed by atoms with Gasteiger partial charge in [0, 0.05) is 23.4 Å². The number of amides is 2. The van der Waals surface area contributed by atoms with Gasteiger partial charge in [-0.2, -0.15) is 0 Å². The van der Waals surface area contributed by atoms with Crippen molar-refractivity contribution in [3.63, 3.8) is 0 Å². The summed E-state index contributed by atoms with van der Waals surface area (Å²) in [5.74, 6) is 0.00884. The second-order valence-corrected chi connectivity index (χ2v) is 6.58. The summed E-state index contributed by atoms with van der Waals surface area (Å²) in [4.78, 5) is 35.7. The van der Waals surface area contributed by atoms with E-state index < -0.39 is 11.8 Å². The first-order valence-electron chi connectivity index (χ1n) is 9.11. The van der Waals surface area contributed by atoms with Gasteiger partial charge in [0.1, 0.15) is 11.5 Å². The maximum absolute atomic E-state index is 12.1. The highest BCUT2D eigenvalue weighted by atomic mass is 35.5. The normalized spacial score (nSPS) is 10.2. The maximum atomic E-state index is 12.1. The lowest BCUT2D eigenvalue weighted by Gasteiger charge is -2.09. The van der Waals surface area contributed by atoms with E-state index >= 15 is 0 Å². The smallest absolute Gasteiger partial charge is 0.276 e. The molecule has 8 heteroatoms. The highest BCUT2D eigenvalue weighted by Crippen LogP contribution is 2.20. The molecule has 0 spiro atoms. The van der Waals surface area contributed by atoms with E-state index in [1.54, 1.807) is 42.5 Å². The summed E-state index contributed by atoms with van der Waals surface area (Å²) < 4.78 is 10.7. The number of halogens is 1. The van der Waals surface area contributed by atoms with Gasteiger partial charge in [0.25, 0.3) is 5.91 Å². The molecule has 29 heavy (non-hydrogen) atoms. The van der Waals surface area contributed by atoms with Gasteiger partial charge in [-0.1, -0.05) is 11.6 Å². The van der Waals surface area contributed by atoms with Crippen molar-refractivity contribution >= 4 is 29.2 Å². The number of Topliss-reactive ketones (excluding diaryl/α,β-unsaturated/α-hetero) is 1. The number of rotatable bonds is 9. The molecule has 2 rings (SSSR count). The zero-order valence-electron chi connectivity index (χ0n) is 16.3. The van der Waals surface area contributed by atoms with Gasteiger partial charge in [-0.05, 0) is 61.9 Å². The molecule has 2 aromatic carbocycles. The molecule has 0 fully saturated rings. The first kappa shape index (κ1) is 22.2. The van der Waals surface area contributed by atoms with E-state index in [0.29, 0.717) is 28.7 Å². The molecule has 0 aromatic heterocycles. The molecule has 0 saturated carbocycles. The quantitative estimate of drug-likeness (QED) is 0.481. The SMILES string of the molecule is CCOc1ccc(C(=O)CCC(=O)NNC(=O)COc2ccc(Cl)c(C)c2)cc1. The van der Waals surface area contributed by atoms with Gasteiger partial charge < -0.3 is 9.47 Å². The van der Waals surface area contributed by atoms with Crippen LogP contribution in [0.2, 0.25) is 5.02 Å². The molecule has 0 bridgehead atoms. The minimum absolute atomic E-state index is 0.0240. The number of carbonyl (C=O) groups is 3. The van der Waals surface area contributed by atoms with E-state index in [0.717, 1.165) is 5.56 Å². The molecule has 0 atom stereocenters. The summed E-state index contributed by atoms with van der Waals surface area (Å²) in [5, 5.41) is 0.605. The fourth-order valence-electron chi connectivity index (χ4n) is 2.37. The van der Waals surface area contributed by atoms with Crippen molar-refractivity contribution in [2.24, 2.45) is 0 Å². The van der Waals surface area contributed by atoms with Crippen LogP contribution >= 0.6 is 11.6 Å². The van der Waals surface area contributed by atoms with Crippen LogP contribution in [0.25, 0.3) is 0 Å². The Balaban J connectivity index is 1.68. The Hall–Kier alpha value is -3.06. The Morgan fingerprint density at radius 1 is 0.897 bits per heavy atom. The molecule has 0 unspecified atom stereocenters. The minimum Gasteiger partial charge on any atom is -0.494 e. The fourth-order valence-corrected chi connectivity index (χ4v) is 2.49. The number of hydrazine groups is 1. The standard InChI is InChI=1S/C21H23ClN2O5/c1-3-28-16-6-4-15(5-7-16)19(25)10-11-20(26)23-24-21(27)13-29-17-8-9-18(22)14(2)12-17/h4-9,12H,3,10-11,13H2,1-2H3,(H,23,26)(H,24,27). The van der Waals surface area contributed by atoms with Gasteiger partial charge in [0.2, 0.25) is 5.91 Å². The number of nitrogens with one attached hydrogen (secondary N) is 2. The van der Waals surface area contributed by atoms with E-state index in [-0.39, 0.29) is 25.2 Å². The molecule has 2 N–H and O–H groups in total. The van der Waals surface area contributed by atoms with Crippen LogP contribution < -0.4 is 20.3 Å². The number of aryl methyl sites for hydroxylation is 1. The third kappa shape index (κ3) is 7.46. The Morgan fingerprint density at radius 3 is 2.21 bits per heavy atom. The largest absolute Gasteiger partial charge is 0.494 e. The highest BCUT2D eigenvalue weighted by Gasteiger charge is 2.11. The van der Waals surface area contributed by atoms with Crippen LogP contribution in [0, 0.1) is 6.92 Å². The van der Waals surface area contributed by atoms with E-state index in [2.05, 4.69) is 10.9 Å². The van der Waals surface area contributed by atoms with Gasteiger partial charge in [0.15, 0.2) is 12.4 Å². The van der Waals surface area contributed by atoms with Gasteiger partial charge >= 0.3 is 0 Å². The van der Waals surface area contributed by atoms with Crippen LogP contribution in [-0.2, 0) is 9.59 Å². The molecular weight excluding hydrogens is 396 g/mol. The summed E-state index contributed by atoms with van der Waals surface area (Å²) in [7, 11) is 0. The molecule has 0 radical (unpaired) electrons. The molecule has 0 aliphatic rings. The zero-order chi connectivity index (χ0) is 21.2. The van der Waals surface area contributed by atoms with E-state index in [1.165, 1.54) is 0 Å². The average Bonchev–Trinajstić information content (AvgIpc) is 2.72.